The van der Waals surface area contributed by atoms with Crippen LogP contribution in [-0.4, -0.2) is 16.9 Å². The van der Waals surface area contributed by atoms with E-state index in [0.29, 0.717) is 23.9 Å². The lowest BCUT2D eigenvalue weighted by atomic mass is 10.1. The van der Waals surface area contributed by atoms with Gasteiger partial charge in [-0.2, -0.15) is 13.2 Å². The normalized spacial score (nSPS) is 12.3. The molecule has 3 aromatic rings. The number of pyridine rings is 1. The molecule has 32 heavy (non-hydrogen) atoms. The smallest absolute Gasteiger partial charge is 0.417 e. The molecule has 1 unspecified atom stereocenters. The average molecular weight is 455 g/mol. The first-order valence-electron chi connectivity index (χ1n) is 9.04. The first kappa shape index (κ1) is 23.1. The highest BCUT2D eigenvalue weighted by Crippen LogP contribution is 2.30. The summed E-state index contributed by atoms with van der Waals surface area (Å²) >= 11 is 0. The van der Waals surface area contributed by atoms with E-state index in [1.54, 1.807) is 12.1 Å². The van der Waals surface area contributed by atoms with E-state index in [0.717, 1.165) is 12.1 Å². The quantitative estimate of drug-likeness (QED) is 0.413. The zero-order valence-corrected chi connectivity index (χ0v) is 16.1. The summed E-state index contributed by atoms with van der Waals surface area (Å²) in [5, 5.41) is 2.21. The summed E-state index contributed by atoms with van der Waals surface area (Å²) < 4.78 is 82.5. The SMILES string of the molecule is NC(Cc1ccc(Oc2ccc(C(F)(F)F)cn2)cc1)C(=O)Nc1cc(F)c(F)c(F)c1. The minimum absolute atomic E-state index is 0.0411. The Hall–Kier alpha value is -3.60. The lowest BCUT2D eigenvalue weighted by Crippen LogP contribution is -2.37. The van der Waals surface area contributed by atoms with Crippen LogP contribution in [0, 0.1) is 17.5 Å². The molecule has 0 aliphatic rings. The van der Waals surface area contributed by atoms with E-state index in [4.69, 9.17) is 10.5 Å². The maximum absolute atomic E-state index is 13.2. The number of nitrogens with two attached hydrogens (primary N) is 1. The standard InChI is InChI=1S/C21H15F6N3O2/c22-15-8-13(9-16(23)19(15)24)30-20(31)17(28)7-11-1-4-14(5-2-11)32-18-6-3-12(10-29-18)21(25,26)27/h1-6,8-10,17H,7,28H2,(H,30,31). The van der Waals surface area contributed by atoms with Crippen LogP contribution in [-0.2, 0) is 17.4 Å². The number of nitrogens with zero attached hydrogens (tertiary/aromatic N) is 1. The summed E-state index contributed by atoms with van der Waals surface area (Å²) in [5.74, 6) is -5.05. The van der Waals surface area contributed by atoms with Gasteiger partial charge < -0.3 is 15.8 Å². The number of halogens is 6. The van der Waals surface area contributed by atoms with Crippen molar-refractivity contribution in [3.05, 3.63) is 83.3 Å². The highest BCUT2D eigenvalue weighted by Gasteiger charge is 2.30. The van der Waals surface area contributed by atoms with Crippen molar-refractivity contribution in [3.63, 3.8) is 0 Å². The van der Waals surface area contributed by atoms with Crippen molar-refractivity contribution < 1.29 is 35.9 Å². The lowest BCUT2D eigenvalue weighted by molar-refractivity contribution is -0.137. The maximum atomic E-state index is 13.2. The molecule has 3 N–H and O–H groups in total. The van der Waals surface area contributed by atoms with Crippen LogP contribution in [0.1, 0.15) is 11.1 Å². The molecule has 0 spiro atoms. The number of aromatic nitrogens is 1. The van der Waals surface area contributed by atoms with E-state index in [2.05, 4.69) is 10.3 Å². The second-order valence-corrected chi connectivity index (χ2v) is 6.68. The van der Waals surface area contributed by atoms with Gasteiger partial charge in [-0.05, 0) is 30.2 Å². The number of hydrogen-bond donors (Lipinski definition) is 2. The summed E-state index contributed by atoms with van der Waals surface area (Å²) in [6.07, 6.45) is -3.80. The van der Waals surface area contributed by atoms with Crippen LogP contribution in [0.4, 0.5) is 32.0 Å². The van der Waals surface area contributed by atoms with Gasteiger partial charge in [0, 0.05) is 30.1 Å². The molecule has 0 aliphatic heterocycles. The average Bonchev–Trinajstić information content (AvgIpc) is 2.73. The Labute approximate surface area is 177 Å². The third-order valence-electron chi connectivity index (χ3n) is 4.25. The van der Waals surface area contributed by atoms with Gasteiger partial charge >= 0.3 is 6.18 Å². The largest absolute Gasteiger partial charge is 0.439 e. The van der Waals surface area contributed by atoms with Gasteiger partial charge in [-0.3, -0.25) is 4.79 Å². The van der Waals surface area contributed by atoms with Gasteiger partial charge in [-0.1, -0.05) is 12.1 Å². The van der Waals surface area contributed by atoms with E-state index in [1.165, 1.54) is 12.1 Å². The molecule has 0 saturated heterocycles. The van der Waals surface area contributed by atoms with Gasteiger partial charge in [-0.25, -0.2) is 18.2 Å². The van der Waals surface area contributed by atoms with Crippen LogP contribution in [0.2, 0.25) is 0 Å². The topological polar surface area (TPSA) is 77.2 Å². The monoisotopic (exact) mass is 455 g/mol. The van der Waals surface area contributed by atoms with Gasteiger partial charge in [0.15, 0.2) is 17.5 Å². The minimum atomic E-state index is -4.50. The number of hydrogen-bond acceptors (Lipinski definition) is 4. The summed E-state index contributed by atoms with van der Waals surface area (Å²) in [5.41, 5.74) is 5.23. The number of carbonyl (C=O) groups excluding carboxylic acids is 1. The predicted octanol–water partition coefficient (Wildman–Crippen LogP) is 4.82. The number of benzene rings is 2. The molecule has 0 fully saturated rings. The zero-order chi connectivity index (χ0) is 23.5. The van der Waals surface area contributed by atoms with Crippen molar-refractivity contribution in [2.75, 3.05) is 5.32 Å². The van der Waals surface area contributed by atoms with Crippen LogP contribution in [0.5, 0.6) is 11.6 Å². The van der Waals surface area contributed by atoms with Crippen LogP contribution in [0.25, 0.3) is 0 Å². The van der Waals surface area contributed by atoms with E-state index < -0.39 is 41.1 Å². The predicted molar refractivity (Wildman–Crippen MR) is 102 cm³/mol. The van der Waals surface area contributed by atoms with Crippen molar-refractivity contribution in [3.8, 4) is 11.6 Å². The fourth-order valence-electron chi connectivity index (χ4n) is 2.63. The Balaban J connectivity index is 1.58. The Morgan fingerprint density at radius 3 is 2.19 bits per heavy atom. The molecule has 2 aromatic carbocycles. The van der Waals surface area contributed by atoms with E-state index in [9.17, 15) is 31.1 Å². The molecule has 168 valence electrons. The minimum Gasteiger partial charge on any atom is -0.439 e. The third kappa shape index (κ3) is 5.76. The highest BCUT2D eigenvalue weighted by molar-refractivity contribution is 5.94. The number of ether oxygens (including phenoxy) is 1. The number of alkyl halides is 3. The second-order valence-electron chi connectivity index (χ2n) is 6.68. The number of anilines is 1. The number of nitrogens with one attached hydrogen (secondary N) is 1. The molecule has 1 amide bonds. The molecule has 0 saturated carbocycles. The molecule has 0 aliphatic carbocycles. The first-order chi connectivity index (χ1) is 15.0. The van der Waals surface area contributed by atoms with Crippen LogP contribution >= 0.6 is 0 Å². The number of rotatable bonds is 6. The van der Waals surface area contributed by atoms with Crippen molar-refractivity contribution >= 4 is 11.6 Å². The summed E-state index contributed by atoms with van der Waals surface area (Å²) in [6, 6.07) is 8.25. The molecule has 0 radical (unpaired) electrons. The third-order valence-corrected chi connectivity index (χ3v) is 4.25. The Bertz CT molecular complexity index is 1080. The first-order valence-corrected chi connectivity index (χ1v) is 9.04. The van der Waals surface area contributed by atoms with E-state index in [-0.39, 0.29) is 23.7 Å². The summed E-state index contributed by atoms with van der Waals surface area (Å²) in [6.45, 7) is 0. The van der Waals surface area contributed by atoms with Crippen molar-refractivity contribution in [1.82, 2.24) is 4.98 Å². The van der Waals surface area contributed by atoms with Gasteiger partial charge in [0.25, 0.3) is 0 Å². The Morgan fingerprint density at radius 1 is 1.03 bits per heavy atom. The van der Waals surface area contributed by atoms with Crippen LogP contribution < -0.4 is 15.8 Å². The van der Waals surface area contributed by atoms with Gasteiger partial charge in [0.05, 0.1) is 11.6 Å². The van der Waals surface area contributed by atoms with Crippen LogP contribution in [0.15, 0.2) is 54.7 Å². The van der Waals surface area contributed by atoms with Crippen LogP contribution in [0.3, 0.4) is 0 Å². The summed E-state index contributed by atoms with van der Waals surface area (Å²) in [4.78, 5) is 15.7. The maximum Gasteiger partial charge on any atom is 0.417 e. The molecule has 1 atom stereocenters. The van der Waals surface area contributed by atoms with Gasteiger partial charge in [0.1, 0.15) is 5.75 Å². The summed E-state index contributed by atoms with van der Waals surface area (Å²) in [7, 11) is 0. The second kappa shape index (κ2) is 9.27. The van der Waals surface area contributed by atoms with Crippen molar-refractivity contribution in [2.45, 2.75) is 18.6 Å². The molecule has 11 heteroatoms. The molecule has 0 bridgehead atoms. The number of amides is 1. The fraction of sp³-hybridized carbons (Fsp3) is 0.143. The van der Waals surface area contributed by atoms with Crippen molar-refractivity contribution in [1.29, 1.82) is 0 Å². The molecule has 1 aromatic heterocycles. The molecule has 1 heterocycles. The molecular weight excluding hydrogens is 440 g/mol. The van der Waals surface area contributed by atoms with Gasteiger partial charge in [-0.15, -0.1) is 0 Å². The fourth-order valence-corrected chi connectivity index (χ4v) is 2.63. The molecular formula is C21H15F6N3O2. The Morgan fingerprint density at radius 2 is 1.66 bits per heavy atom. The van der Waals surface area contributed by atoms with E-state index in [1.807, 2.05) is 0 Å². The van der Waals surface area contributed by atoms with E-state index >= 15 is 0 Å². The number of carbonyl (C=O) groups is 1. The Kier molecular flexibility index (Phi) is 6.68. The lowest BCUT2D eigenvalue weighted by Gasteiger charge is -2.13. The van der Waals surface area contributed by atoms with Gasteiger partial charge in [0.2, 0.25) is 11.8 Å². The zero-order valence-electron chi connectivity index (χ0n) is 16.1. The molecule has 3 rings (SSSR count). The highest BCUT2D eigenvalue weighted by atomic mass is 19.4. The molecule has 5 nitrogen and oxygen atoms in total. The van der Waals surface area contributed by atoms with Crippen molar-refractivity contribution in [2.24, 2.45) is 5.73 Å².